The number of carbonyl (C=O) groups excluding carboxylic acids is 1. The number of hydrogen-bond acceptors (Lipinski definition) is 6. The van der Waals surface area contributed by atoms with Crippen LogP contribution in [0.4, 0.5) is 22.7 Å². The lowest BCUT2D eigenvalue weighted by atomic mass is 10.2. The largest absolute Gasteiger partial charge is 0.369 e. The molecule has 1 saturated heterocycles. The van der Waals surface area contributed by atoms with E-state index >= 15 is 0 Å². The van der Waals surface area contributed by atoms with Crippen molar-refractivity contribution in [2.45, 2.75) is 0 Å². The zero-order valence-electron chi connectivity index (χ0n) is 19.2. The number of nitrogens with one attached hydrogen (secondary N) is 3. The summed E-state index contributed by atoms with van der Waals surface area (Å²) in [6.07, 6.45) is 5.13. The summed E-state index contributed by atoms with van der Waals surface area (Å²) in [6, 6.07) is 13.3. The first kappa shape index (κ1) is 21.7. The molecule has 4 aromatic rings. The van der Waals surface area contributed by atoms with Crippen LogP contribution in [0.1, 0.15) is 10.4 Å². The maximum Gasteiger partial charge on any atom is 0.263 e. The molecule has 1 aliphatic heterocycles. The summed E-state index contributed by atoms with van der Waals surface area (Å²) in [6.45, 7) is 4.00. The van der Waals surface area contributed by atoms with E-state index in [0.29, 0.717) is 17.1 Å². The number of benzene rings is 1. The van der Waals surface area contributed by atoms with Gasteiger partial charge in [0, 0.05) is 62.4 Å². The summed E-state index contributed by atoms with van der Waals surface area (Å²) in [5.74, 6) is -0.481. The van der Waals surface area contributed by atoms with Crippen LogP contribution in [0.25, 0.3) is 11.0 Å². The van der Waals surface area contributed by atoms with Gasteiger partial charge in [-0.15, -0.1) is 0 Å². The Morgan fingerprint density at radius 2 is 1.76 bits per heavy atom. The fourth-order valence-corrected chi connectivity index (χ4v) is 4.20. The molecule has 0 unspecified atom stereocenters. The van der Waals surface area contributed by atoms with Crippen LogP contribution in [0.2, 0.25) is 0 Å². The maximum atomic E-state index is 13.1. The van der Waals surface area contributed by atoms with Crippen molar-refractivity contribution >= 4 is 39.7 Å². The van der Waals surface area contributed by atoms with Crippen molar-refractivity contribution in [2.75, 3.05) is 48.8 Å². The Morgan fingerprint density at radius 1 is 1.00 bits per heavy atom. The number of carbonyl (C=O) groups is 1. The molecule has 3 N–H and O–H groups in total. The van der Waals surface area contributed by atoms with Gasteiger partial charge in [-0.3, -0.25) is 9.59 Å². The third kappa shape index (κ3) is 4.38. The van der Waals surface area contributed by atoms with Gasteiger partial charge < -0.3 is 30.0 Å². The highest BCUT2D eigenvalue weighted by atomic mass is 16.2. The maximum absolute atomic E-state index is 13.1. The summed E-state index contributed by atoms with van der Waals surface area (Å²) in [5, 5.41) is 6.99. The van der Waals surface area contributed by atoms with E-state index in [1.807, 2.05) is 54.2 Å². The average Bonchev–Trinajstić information content (AvgIpc) is 3.20. The van der Waals surface area contributed by atoms with Crippen LogP contribution in [0, 0.1) is 0 Å². The Hall–Kier alpha value is -4.11. The van der Waals surface area contributed by atoms with Gasteiger partial charge in [0.15, 0.2) is 0 Å². The lowest BCUT2D eigenvalue weighted by molar-refractivity contribution is 0.102. The van der Waals surface area contributed by atoms with Gasteiger partial charge in [0.05, 0.1) is 17.6 Å². The Labute approximate surface area is 197 Å². The molecule has 34 heavy (non-hydrogen) atoms. The first-order chi connectivity index (χ1) is 16.5. The number of rotatable bonds is 5. The van der Waals surface area contributed by atoms with Gasteiger partial charge in [-0.05, 0) is 49.5 Å². The number of anilines is 4. The van der Waals surface area contributed by atoms with Crippen LogP contribution in [0.15, 0.2) is 65.8 Å². The number of amides is 1. The molecule has 1 aliphatic rings. The molecule has 1 fully saturated rings. The van der Waals surface area contributed by atoms with Crippen molar-refractivity contribution in [3.8, 4) is 0 Å². The van der Waals surface area contributed by atoms with Crippen molar-refractivity contribution in [3.63, 3.8) is 0 Å². The van der Waals surface area contributed by atoms with Gasteiger partial charge in [0.1, 0.15) is 11.2 Å². The van der Waals surface area contributed by atoms with Gasteiger partial charge in [-0.2, -0.15) is 0 Å². The molecule has 1 amide bonds. The molecular weight excluding hydrogens is 430 g/mol. The molecule has 0 saturated carbocycles. The van der Waals surface area contributed by atoms with E-state index in [4.69, 9.17) is 0 Å². The van der Waals surface area contributed by atoms with E-state index in [2.05, 4.69) is 37.4 Å². The lowest BCUT2D eigenvalue weighted by Crippen LogP contribution is -2.44. The highest BCUT2D eigenvalue weighted by Crippen LogP contribution is 2.24. The third-order valence-electron chi connectivity index (χ3n) is 6.17. The molecular formula is C25H27N7O2. The molecule has 0 bridgehead atoms. The minimum Gasteiger partial charge on any atom is -0.369 e. The molecule has 0 atom stereocenters. The number of piperazine rings is 1. The molecule has 4 heterocycles. The molecule has 0 radical (unpaired) electrons. The molecule has 9 heteroatoms. The quantitative estimate of drug-likeness (QED) is 0.426. The van der Waals surface area contributed by atoms with Crippen molar-refractivity contribution in [1.82, 2.24) is 19.4 Å². The standard InChI is InChI=1S/C25H27N7O2/c1-30-11-13-32(14-12-30)20-5-3-18(4-6-20)29-25(34)22-21(7-9-26-24(22)33)28-19-15-17-8-10-31(2)23(17)27-16-19/h3-10,15-16H,11-14H2,1-2H3,(H,29,34)(H2,26,28,33). The number of fused-ring (bicyclic) bond motifs is 1. The fraction of sp³-hybridized carbons (Fsp3) is 0.240. The van der Waals surface area contributed by atoms with Crippen LogP contribution < -0.4 is 21.1 Å². The van der Waals surface area contributed by atoms with E-state index in [-0.39, 0.29) is 5.56 Å². The number of pyridine rings is 2. The lowest BCUT2D eigenvalue weighted by Gasteiger charge is -2.34. The number of hydrogen-bond donors (Lipinski definition) is 3. The predicted molar refractivity (Wildman–Crippen MR) is 135 cm³/mol. The molecule has 5 rings (SSSR count). The smallest absolute Gasteiger partial charge is 0.263 e. The van der Waals surface area contributed by atoms with Crippen molar-refractivity contribution in [1.29, 1.82) is 0 Å². The molecule has 1 aromatic carbocycles. The van der Waals surface area contributed by atoms with Crippen LogP contribution >= 0.6 is 0 Å². The molecule has 174 valence electrons. The monoisotopic (exact) mass is 457 g/mol. The number of likely N-dealkylation sites (N-methyl/N-ethyl adjacent to an activating group) is 1. The number of aryl methyl sites for hydroxylation is 1. The molecule has 0 spiro atoms. The number of aromatic nitrogens is 3. The normalized spacial score (nSPS) is 14.4. The summed E-state index contributed by atoms with van der Waals surface area (Å²) < 4.78 is 1.93. The van der Waals surface area contributed by atoms with E-state index in [1.54, 1.807) is 12.3 Å². The van der Waals surface area contributed by atoms with Gasteiger partial charge in [0.25, 0.3) is 11.5 Å². The van der Waals surface area contributed by atoms with Gasteiger partial charge in [0.2, 0.25) is 0 Å². The molecule has 0 aliphatic carbocycles. The number of nitrogens with zero attached hydrogens (tertiary/aromatic N) is 4. The zero-order valence-corrected chi connectivity index (χ0v) is 19.2. The summed E-state index contributed by atoms with van der Waals surface area (Å²) >= 11 is 0. The number of aromatic amines is 1. The molecule has 3 aromatic heterocycles. The summed E-state index contributed by atoms with van der Waals surface area (Å²) in [4.78, 5) is 37.3. The Morgan fingerprint density at radius 3 is 2.53 bits per heavy atom. The topological polar surface area (TPSA) is 98.3 Å². The summed E-state index contributed by atoms with van der Waals surface area (Å²) in [5.41, 5.74) is 3.25. The van der Waals surface area contributed by atoms with E-state index < -0.39 is 11.5 Å². The average molecular weight is 458 g/mol. The Kier molecular flexibility index (Phi) is 5.77. The van der Waals surface area contributed by atoms with Crippen molar-refractivity contribution < 1.29 is 4.79 Å². The van der Waals surface area contributed by atoms with Crippen molar-refractivity contribution in [2.24, 2.45) is 7.05 Å². The van der Waals surface area contributed by atoms with Gasteiger partial charge >= 0.3 is 0 Å². The first-order valence-corrected chi connectivity index (χ1v) is 11.2. The van der Waals surface area contributed by atoms with Crippen LogP contribution in [-0.4, -0.2) is 58.6 Å². The van der Waals surface area contributed by atoms with Crippen LogP contribution in [-0.2, 0) is 7.05 Å². The second kappa shape index (κ2) is 9.03. The van der Waals surface area contributed by atoms with Gasteiger partial charge in [-0.1, -0.05) is 0 Å². The Balaban J connectivity index is 1.34. The third-order valence-corrected chi connectivity index (χ3v) is 6.17. The first-order valence-electron chi connectivity index (χ1n) is 11.2. The SMILES string of the molecule is CN1CCN(c2ccc(NC(=O)c3c(Nc4cnc5c(ccn5C)c4)cc[nH]c3=O)cc2)CC1. The van der Waals surface area contributed by atoms with Crippen molar-refractivity contribution in [3.05, 3.63) is 77.0 Å². The predicted octanol–water partition coefficient (Wildman–Crippen LogP) is 3.01. The van der Waals surface area contributed by atoms with Crippen LogP contribution in [0.3, 0.4) is 0 Å². The minimum absolute atomic E-state index is 0.0128. The van der Waals surface area contributed by atoms with E-state index in [1.165, 1.54) is 6.20 Å². The van der Waals surface area contributed by atoms with E-state index in [0.717, 1.165) is 42.9 Å². The highest BCUT2D eigenvalue weighted by Gasteiger charge is 2.18. The highest BCUT2D eigenvalue weighted by molar-refractivity contribution is 6.08. The minimum atomic E-state index is -0.481. The second-order valence-electron chi connectivity index (χ2n) is 8.58. The Bertz CT molecular complexity index is 1380. The summed E-state index contributed by atoms with van der Waals surface area (Å²) in [7, 11) is 4.06. The number of H-pyrrole nitrogens is 1. The second-order valence-corrected chi connectivity index (χ2v) is 8.58. The fourth-order valence-electron chi connectivity index (χ4n) is 4.20. The van der Waals surface area contributed by atoms with Crippen LogP contribution in [0.5, 0.6) is 0 Å². The zero-order chi connectivity index (χ0) is 23.7. The van der Waals surface area contributed by atoms with Gasteiger partial charge in [-0.25, -0.2) is 4.98 Å². The van der Waals surface area contributed by atoms with E-state index in [9.17, 15) is 9.59 Å². The molecule has 9 nitrogen and oxygen atoms in total.